The van der Waals surface area contributed by atoms with Crippen molar-refractivity contribution in [1.82, 2.24) is 9.97 Å². The number of hydrogen-bond donors (Lipinski definition) is 3. The summed E-state index contributed by atoms with van der Waals surface area (Å²) in [5.74, 6) is 1.30. The van der Waals surface area contributed by atoms with Gasteiger partial charge in [-0.25, -0.2) is 9.97 Å². The first-order chi connectivity index (χ1) is 9.19. The molecule has 4 N–H and O–H groups in total. The van der Waals surface area contributed by atoms with E-state index in [-0.39, 0.29) is 6.61 Å². The molecule has 0 aliphatic heterocycles. The van der Waals surface area contributed by atoms with E-state index in [9.17, 15) is 5.11 Å². The Kier molecular flexibility index (Phi) is 4.73. The van der Waals surface area contributed by atoms with Gasteiger partial charge in [0.2, 0.25) is 0 Å². The van der Waals surface area contributed by atoms with E-state index >= 15 is 0 Å². The number of hydrogen-bond acceptors (Lipinski definition) is 6. The smallest absolute Gasteiger partial charge is 0.162 e. The van der Waals surface area contributed by atoms with Gasteiger partial charge in [-0.15, -0.1) is 11.8 Å². The van der Waals surface area contributed by atoms with Gasteiger partial charge in [-0.1, -0.05) is 30.3 Å². The summed E-state index contributed by atoms with van der Waals surface area (Å²) in [4.78, 5) is 8.58. The van der Waals surface area contributed by atoms with Crippen molar-refractivity contribution in [3.8, 4) is 11.4 Å². The Morgan fingerprint density at radius 2 is 1.95 bits per heavy atom. The maximum atomic E-state index is 9.33. The van der Waals surface area contributed by atoms with Crippen molar-refractivity contribution in [2.75, 3.05) is 18.1 Å². The van der Waals surface area contributed by atoms with Crippen molar-refractivity contribution >= 4 is 17.6 Å². The van der Waals surface area contributed by atoms with Gasteiger partial charge in [-0.05, 0) is 0 Å². The van der Waals surface area contributed by atoms with Crippen LogP contribution < -0.4 is 5.73 Å². The van der Waals surface area contributed by atoms with E-state index in [1.54, 1.807) is 6.07 Å². The SMILES string of the molecule is Nc1cc(SCC(O)CO)nc(-c2ccccc2)n1. The molecule has 5 nitrogen and oxygen atoms in total. The topological polar surface area (TPSA) is 92.3 Å². The number of thioether (sulfide) groups is 1. The van der Waals surface area contributed by atoms with Crippen LogP contribution in [0.1, 0.15) is 0 Å². The van der Waals surface area contributed by atoms with Crippen molar-refractivity contribution in [3.63, 3.8) is 0 Å². The first-order valence-corrected chi connectivity index (χ1v) is 6.79. The maximum Gasteiger partial charge on any atom is 0.162 e. The minimum Gasteiger partial charge on any atom is -0.394 e. The normalized spacial score (nSPS) is 12.3. The number of nitrogens with zero attached hydrogens (tertiary/aromatic N) is 2. The van der Waals surface area contributed by atoms with Gasteiger partial charge in [-0.2, -0.15) is 0 Å². The number of rotatable bonds is 5. The zero-order valence-corrected chi connectivity index (χ0v) is 11.0. The summed E-state index contributed by atoms with van der Waals surface area (Å²) in [6.07, 6.45) is -0.763. The van der Waals surface area contributed by atoms with Crippen LogP contribution in [0.4, 0.5) is 5.82 Å². The summed E-state index contributed by atoms with van der Waals surface area (Å²) in [5.41, 5.74) is 6.65. The first kappa shape index (κ1) is 13.8. The highest BCUT2D eigenvalue weighted by atomic mass is 32.2. The summed E-state index contributed by atoms with van der Waals surface area (Å²) in [6.45, 7) is -0.265. The highest BCUT2D eigenvalue weighted by molar-refractivity contribution is 7.99. The molecule has 19 heavy (non-hydrogen) atoms. The lowest BCUT2D eigenvalue weighted by molar-refractivity contribution is 0.113. The van der Waals surface area contributed by atoms with Crippen LogP contribution in [-0.2, 0) is 0 Å². The van der Waals surface area contributed by atoms with E-state index in [0.717, 1.165) is 5.56 Å². The van der Waals surface area contributed by atoms with Crippen LogP contribution >= 0.6 is 11.8 Å². The molecule has 0 spiro atoms. The van der Waals surface area contributed by atoms with E-state index in [0.29, 0.717) is 22.4 Å². The molecule has 0 bridgehead atoms. The maximum absolute atomic E-state index is 9.33. The van der Waals surface area contributed by atoms with Gasteiger partial charge in [0.05, 0.1) is 12.7 Å². The molecule has 0 fully saturated rings. The van der Waals surface area contributed by atoms with Gasteiger partial charge in [0.1, 0.15) is 10.8 Å². The molecule has 2 rings (SSSR count). The Morgan fingerprint density at radius 3 is 2.63 bits per heavy atom. The number of benzene rings is 1. The van der Waals surface area contributed by atoms with Gasteiger partial charge >= 0.3 is 0 Å². The number of aliphatic hydroxyl groups is 2. The van der Waals surface area contributed by atoms with Crippen LogP contribution in [-0.4, -0.2) is 38.6 Å². The molecule has 1 heterocycles. The minimum absolute atomic E-state index is 0.265. The summed E-state index contributed by atoms with van der Waals surface area (Å²) < 4.78 is 0. The van der Waals surface area contributed by atoms with Crippen LogP contribution in [0.3, 0.4) is 0 Å². The molecule has 100 valence electrons. The third-order valence-corrected chi connectivity index (χ3v) is 3.45. The monoisotopic (exact) mass is 277 g/mol. The molecule has 0 saturated heterocycles. The second kappa shape index (κ2) is 6.51. The van der Waals surface area contributed by atoms with Gasteiger partial charge in [0.25, 0.3) is 0 Å². The fourth-order valence-electron chi connectivity index (χ4n) is 1.47. The van der Waals surface area contributed by atoms with Crippen LogP contribution in [0.15, 0.2) is 41.4 Å². The Morgan fingerprint density at radius 1 is 1.21 bits per heavy atom. The molecular formula is C13H15N3O2S. The Balaban J connectivity index is 2.20. The highest BCUT2D eigenvalue weighted by Gasteiger charge is 2.08. The van der Waals surface area contributed by atoms with E-state index < -0.39 is 6.10 Å². The van der Waals surface area contributed by atoms with Crippen LogP contribution in [0.2, 0.25) is 0 Å². The molecule has 1 aromatic carbocycles. The van der Waals surface area contributed by atoms with Crippen molar-refractivity contribution in [1.29, 1.82) is 0 Å². The molecule has 1 atom stereocenters. The van der Waals surface area contributed by atoms with Crippen LogP contribution in [0.25, 0.3) is 11.4 Å². The lowest BCUT2D eigenvalue weighted by atomic mass is 10.2. The van der Waals surface area contributed by atoms with Gasteiger partial charge in [-0.3, -0.25) is 0 Å². The Bertz CT molecular complexity index is 537. The van der Waals surface area contributed by atoms with E-state index in [1.807, 2.05) is 30.3 Å². The van der Waals surface area contributed by atoms with Gasteiger partial charge in [0, 0.05) is 17.4 Å². The zero-order valence-electron chi connectivity index (χ0n) is 10.2. The van der Waals surface area contributed by atoms with E-state index in [4.69, 9.17) is 10.8 Å². The lowest BCUT2D eigenvalue weighted by Crippen LogP contribution is -2.14. The number of aliphatic hydroxyl groups excluding tert-OH is 2. The number of aromatic nitrogens is 2. The standard InChI is InChI=1S/C13H15N3O2S/c14-11-6-12(19-8-10(18)7-17)16-13(15-11)9-4-2-1-3-5-9/h1-6,10,17-18H,7-8H2,(H2,14,15,16). The Labute approximate surface area is 115 Å². The predicted molar refractivity (Wildman–Crippen MR) is 75.7 cm³/mol. The highest BCUT2D eigenvalue weighted by Crippen LogP contribution is 2.22. The Hall–Kier alpha value is -1.63. The minimum atomic E-state index is -0.763. The van der Waals surface area contributed by atoms with Crippen LogP contribution in [0, 0.1) is 0 Å². The second-order valence-electron chi connectivity index (χ2n) is 3.97. The average molecular weight is 277 g/mol. The molecule has 1 aromatic heterocycles. The molecule has 0 amide bonds. The fourth-order valence-corrected chi connectivity index (χ4v) is 2.29. The number of anilines is 1. The number of nitrogens with two attached hydrogens (primary N) is 1. The van der Waals surface area contributed by atoms with Gasteiger partial charge < -0.3 is 15.9 Å². The quantitative estimate of drug-likeness (QED) is 0.561. The molecule has 0 aliphatic rings. The first-order valence-electron chi connectivity index (χ1n) is 5.80. The third kappa shape index (κ3) is 3.92. The zero-order chi connectivity index (χ0) is 13.7. The number of nitrogen functional groups attached to an aromatic ring is 1. The molecule has 0 radical (unpaired) electrons. The summed E-state index contributed by atoms with van der Waals surface area (Å²) >= 11 is 1.33. The molecule has 2 aromatic rings. The molecule has 1 unspecified atom stereocenters. The molecule has 0 aliphatic carbocycles. The third-order valence-electron chi connectivity index (χ3n) is 2.39. The predicted octanol–water partition coefficient (Wildman–Crippen LogP) is 1.17. The average Bonchev–Trinajstić information content (AvgIpc) is 2.45. The fraction of sp³-hybridized carbons (Fsp3) is 0.231. The summed E-state index contributed by atoms with van der Waals surface area (Å²) in [7, 11) is 0. The van der Waals surface area contributed by atoms with Crippen LogP contribution in [0.5, 0.6) is 0 Å². The summed E-state index contributed by atoms with van der Waals surface area (Å²) in [5, 5.41) is 18.8. The second-order valence-corrected chi connectivity index (χ2v) is 5.01. The summed E-state index contributed by atoms with van der Waals surface area (Å²) in [6, 6.07) is 11.2. The van der Waals surface area contributed by atoms with E-state index in [2.05, 4.69) is 9.97 Å². The van der Waals surface area contributed by atoms with Gasteiger partial charge in [0.15, 0.2) is 5.82 Å². The van der Waals surface area contributed by atoms with Crippen molar-refractivity contribution in [3.05, 3.63) is 36.4 Å². The van der Waals surface area contributed by atoms with Crippen molar-refractivity contribution in [2.45, 2.75) is 11.1 Å². The molecule has 0 saturated carbocycles. The van der Waals surface area contributed by atoms with Crippen molar-refractivity contribution in [2.24, 2.45) is 0 Å². The van der Waals surface area contributed by atoms with E-state index in [1.165, 1.54) is 11.8 Å². The largest absolute Gasteiger partial charge is 0.394 e. The van der Waals surface area contributed by atoms with Crippen molar-refractivity contribution < 1.29 is 10.2 Å². The molecule has 6 heteroatoms. The molecular weight excluding hydrogens is 262 g/mol. The lowest BCUT2D eigenvalue weighted by Gasteiger charge is -2.08.